The Balaban J connectivity index is 2.93. The number of benzene rings is 1. The SMILES string of the molecule is O=C(CCl)Cc1ccc(SC(F)(F)F)c(CBr)c1. The molecule has 0 aliphatic rings. The van der Waals surface area contributed by atoms with Gasteiger partial charge in [0.2, 0.25) is 0 Å². The molecule has 0 aliphatic heterocycles. The van der Waals surface area contributed by atoms with Gasteiger partial charge in [0.05, 0.1) is 5.88 Å². The number of ketones is 1. The molecule has 0 radical (unpaired) electrons. The van der Waals surface area contributed by atoms with E-state index in [9.17, 15) is 18.0 Å². The van der Waals surface area contributed by atoms with Crippen LogP contribution in [-0.2, 0) is 16.5 Å². The number of halogens is 5. The van der Waals surface area contributed by atoms with Crippen LogP contribution < -0.4 is 0 Å². The number of hydrogen-bond acceptors (Lipinski definition) is 2. The van der Waals surface area contributed by atoms with Crippen LogP contribution in [0.15, 0.2) is 23.1 Å². The van der Waals surface area contributed by atoms with Crippen LogP contribution in [0.1, 0.15) is 11.1 Å². The highest BCUT2D eigenvalue weighted by Gasteiger charge is 2.30. The van der Waals surface area contributed by atoms with Crippen molar-refractivity contribution in [2.45, 2.75) is 22.2 Å². The van der Waals surface area contributed by atoms with E-state index in [0.29, 0.717) is 16.5 Å². The molecule has 0 saturated carbocycles. The van der Waals surface area contributed by atoms with Gasteiger partial charge in [-0.05, 0) is 29.0 Å². The molecule has 0 N–H and O–H groups in total. The van der Waals surface area contributed by atoms with Gasteiger partial charge in [0.1, 0.15) is 0 Å². The van der Waals surface area contributed by atoms with Gasteiger partial charge in [-0.3, -0.25) is 4.79 Å². The molecule has 0 spiro atoms. The maximum absolute atomic E-state index is 12.3. The highest BCUT2D eigenvalue weighted by Crippen LogP contribution is 2.39. The second-order valence-electron chi connectivity index (χ2n) is 3.47. The summed E-state index contributed by atoms with van der Waals surface area (Å²) in [6, 6.07) is 4.49. The second-order valence-corrected chi connectivity index (χ2v) is 5.41. The molecule has 1 nitrogen and oxygen atoms in total. The predicted octanol–water partition coefficient (Wildman–Crippen LogP) is 4.54. The van der Waals surface area contributed by atoms with Gasteiger partial charge in [-0.15, -0.1) is 11.6 Å². The molecular weight excluding hydrogens is 353 g/mol. The van der Waals surface area contributed by atoms with Gasteiger partial charge >= 0.3 is 5.51 Å². The van der Waals surface area contributed by atoms with Gasteiger partial charge in [-0.1, -0.05) is 28.1 Å². The first-order valence-corrected chi connectivity index (χ1v) is 7.34. The van der Waals surface area contributed by atoms with Crippen molar-refractivity contribution in [3.05, 3.63) is 29.3 Å². The monoisotopic (exact) mass is 360 g/mol. The molecule has 0 aromatic heterocycles. The molecule has 0 fully saturated rings. The molecular formula is C11H9BrClF3OS. The normalized spacial score (nSPS) is 11.6. The van der Waals surface area contributed by atoms with Gasteiger partial charge in [0.25, 0.3) is 0 Å². The third-order valence-electron chi connectivity index (χ3n) is 2.04. The molecule has 0 amide bonds. The lowest BCUT2D eigenvalue weighted by Crippen LogP contribution is -2.05. The summed E-state index contributed by atoms with van der Waals surface area (Å²) >= 11 is 8.37. The summed E-state index contributed by atoms with van der Waals surface area (Å²) < 4.78 is 36.9. The number of hydrogen-bond donors (Lipinski definition) is 0. The van der Waals surface area contributed by atoms with Crippen LogP contribution in [0.2, 0.25) is 0 Å². The topological polar surface area (TPSA) is 17.1 Å². The zero-order valence-corrected chi connectivity index (χ0v) is 12.2. The smallest absolute Gasteiger partial charge is 0.298 e. The lowest BCUT2D eigenvalue weighted by atomic mass is 10.1. The van der Waals surface area contributed by atoms with E-state index in [1.165, 1.54) is 12.1 Å². The Labute approximate surface area is 120 Å². The van der Waals surface area contributed by atoms with E-state index in [0.717, 1.165) is 0 Å². The molecule has 7 heteroatoms. The fourth-order valence-electron chi connectivity index (χ4n) is 1.35. The average Bonchev–Trinajstić information content (AvgIpc) is 2.29. The standard InChI is InChI=1S/C11H9BrClF3OS/c12-5-8-3-7(4-9(17)6-13)1-2-10(8)18-11(14,15)16/h1-3H,4-6H2. The molecule has 0 unspecified atom stereocenters. The fraction of sp³-hybridized carbons (Fsp3) is 0.364. The third kappa shape index (κ3) is 5.20. The molecule has 0 saturated heterocycles. The molecule has 18 heavy (non-hydrogen) atoms. The predicted molar refractivity (Wildman–Crippen MR) is 70.4 cm³/mol. The molecule has 0 aliphatic carbocycles. The highest BCUT2D eigenvalue weighted by atomic mass is 79.9. The fourth-order valence-corrected chi connectivity index (χ4v) is 2.74. The summed E-state index contributed by atoms with van der Waals surface area (Å²) in [5.74, 6) is -0.253. The van der Waals surface area contributed by atoms with Crippen molar-refractivity contribution >= 4 is 45.1 Å². The zero-order chi connectivity index (χ0) is 13.8. The Hall–Kier alpha value is -0.200. The summed E-state index contributed by atoms with van der Waals surface area (Å²) in [7, 11) is 0. The number of Topliss-reactive ketones (excluding diaryl/α,β-unsaturated/α-hetero) is 1. The average molecular weight is 362 g/mol. The van der Waals surface area contributed by atoms with E-state index in [-0.39, 0.29) is 34.7 Å². The third-order valence-corrected chi connectivity index (χ3v) is 3.80. The van der Waals surface area contributed by atoms with Gasteiger partial charge in [0.15, 0.2) is 5.78 Å². The molecule has 100 valence electrons. The van der Waals surface area contributed by atoms with E-state index in [1.807, 2.05) is 0 Å². The van der Waals surface area contributed by atoms with Crippen LogP contribution in [0.3, 0.4) is 0 Å². The van der Waals surface area contributed by atoms with Gasteiger partial charge in [-0.25, -0.2) is 0 Å². The number of carbonyl (C=O) groups excluding carboxylic acids is 1. The van der Waals surface area contributed by atoms with E-state index < -0.39 is 5.51 Å². The summed E-state index contributed by atoms with van der Waals surface area (Å²) in [5, 5.41) is 0.300. The Morgan fingerprint density at radius 3 is 2.56 bits per heavy atom. The van der Waals surface area contributed by atoms with Crippen molar-refractivity contribution < 1.29 is 18.0 Å². The quantitative estimate of drug-likeness (QED) is 0.565. The van der Waals surface area contributed by atoms with Crippen LogP contribution in [-0.4, -0.2) is 17.2 Å². The maximum Gasteiger partial charge on any atom is 0.446 e. The Kier molecular flexibility index (Phi) is 6.01. The summed E-state index contributed by atoms with van der Waals surface area (Å²) in [5.41, 5.74) is -3.14. The van der Waals surface area contributed by atoms with Crippen molar-refractivity contribution in [3.63, 3.8) is 0 Å². The molecule has 1 aromatic rings. The maximum atomic E-state index is 12.3. The van der Waals surface area contributed by atoms with Crippen LogP contribution >= 0.6 is 39.3 Å². The first-order valence-electron chi connectivity index (χ1n) is 4.87. The van der Waals surface area contributed by atoms with E-state index in [2.05, 4.69) is 15.9 Å². The first kappa shape index (κ1) is 15.9. The summed E-state index contributed by atoms with van der Waals surface area (Å²) in [4.78, 5) is 11.3. The minimum absolute atomic E-state index is 0.0945. The van der Waals surface area contributed by atoms with Crippen molar-refractivity contribution in [2.24, 2.45) is 0 Å². The number of alkyl halides is 5. The van der Waals surface area contributed by atoms with Crippen molar-refractivity contribution in [3.8, 4) is 0 Å². The van der Waals surface area contributed by atoms with Crippen molar-refractivity contribution in [1.82, 2.24) is 0 Å². The first-order chi connectivity index (χ1) is 8.35. The largest absolute Gasteiger partial charge is 0.446 e. The highest BCUT2D eigenvalue weighted by molar-refractivity contribution is 9.08. The number of thioether (sulfide) groups is 1. The Bertz CT molecular complexity index is 437. The number of rotatable bonds is 5. The Morgan fingerprint density at radius 2 is 2.06 bits per heavy atom. The minimum Gasteiger partial charge on any atom is -0.298 e. The summed E-state index contributed by atoms with van der Waals surface area (Å²) in [6.45, 7) is 0. The van der Waals surface area contributed by atoms with Crippen LogP contribution in [0.25, 0.3) is 0 Å². The second kappa shape index (κ2) is 6.82. The molecule has 1 aromatic carbocycles. The lowest BCUT2D eigenvalue weighted by Gasteiger charge is -2.11. The Morgan fingerprint density at radius 1 is 1.39 bits per heavy atom. The minimum atomic E-state index is -4.32. The molecule has 0 atom stereocenters. The summed E-state index contributed by atoms with van der Waals surface area (Å²) in [6.07, 6.45) is 0.139. The van der Waals surface area contributed by atoms with Crippen LogP contribution in [0, 0.1) is 0 Å². The molecule has 0 bridgehead atoms. The van der Waals surface area contributed by atoms with Crippen LogP contribution in [0.5, 0.6) is 0 Å². The van der Waals surface area contributed by atoms with E-state index >= 15 is 0 Å². The van der Waals surface area contributed by atoms with E-state index in [4.69, 9.17) is 11.6 Å². The molecule has 1 rings (SSSR count). The molecule has 0 heterocycles. The van der Waals surface area contributed by atoms with Crippen molar-refractivity contribution in [2.75, 3.05) is 5.88 Å². The van der Waals surface area contributed by atoms with Gasteiger partial charge < -0.3 is 0 Å². The van der Waals surface area contributed by atoms with Crippen LogP contribution in [0.4, 0.5) is 13.2 Å². The van der Waals surface area contributed by atoms with E-state index in [1.54, 1.807) is 6.07 Å². The van der Waals surface area contributed by atoms with Gasteiger partial charge in [0, 0.05) is 16.6 Å². The number of carbonyl (C=O) groups is 1. The zero-order valence-electron chi connectivity index (χ0n) is 9.06. The lowest BCUT2D eigenvalue weighted by molar-refractivity contribution is -0.116. The van der Waals surface area contributed by atoms with Gasteiger partial charge in [-0.2, -0.15) is 13.2 Å². The van der Waals surface area contributed by atoms with Crippen molar-refractivity contribution in [1.29, 1.82) is 0 Å².